The third-order valence-corrected chi connectivity index (χ3v) is 3.53. The highest BCUT2D eigenvalue weighted by Gasteiger charge is 2.15. The monoisotopic (exact) mass is 330 g/mol. The Kier molecular flexibility index (Phi) is 5.73. The molecule has 0 aliphatic rings. The van der Waals surface area contributed by atoms with Crippen molar-refractivity contribution in [1.82, 2.24) is 0 Å². The maximum absolute atomic E-state index is 11.2. The molecule has 0 heterocycles. The molecule has 0 unspecified atom stereocenters. The van der Waals surface area contributed by atoms with Crippen molar-refractivity contribution in [2.75, 3.05) is 12.4 Å². The number of hydrogen-bond acceptors (Lipinski definition) is 5. The van der Waals surface area contributed by atoms with Gasteiger partial charge < -0.3 is 15.2 Å². The number of methoxy groups -OCH3 is 1. The van der Waals surface area contributed by atoms with E-state index < -0.39 is 10.9 Å². The fraction of sp³-hybridized carbons (Fsp3) is 0.235. The highest BCUT2D eigenvalue weighted by molar-refractivity contribution is 5.68. The number of anilines is 1. The van der Waals surface area contributed by atoms with E-state index in [2.05, 4.69) is 5.32 Å². The van der Waals surface area contributed by atoms with Crippen LogP contribution in [0.5, 0.6) is 5.75 Å². The number of nitro groups is 1. The zero-order valence-electron chi connectivity index (χ0n) is 13.2. The molecular weight excluding hydrogens is 312 g/mol. The van der Waals surface area contributed by atoms with Crippen LogP contribution in [0.3, 0.4) is 0 Å². The average molecular weight is 330 g/mol. The summed E-state index contributed by atoms with van der Waals surface area (Å²) in [5.74, 6) is -0.188. The number of rotatable bonds is 8. The van der Waals surface area contributed by atoms with Gasteiger partial charge in [-0.3, -0.25) is 14.9 Å². The van der Waals surface area contributed by atoms with E-state index in [9.17, 15) is 14.9 Å². The van der Waals surface area contributed by atoms with Crippen LogP contribution in [-0.4, -0.2) is 23.1 Å². The number of carboxylic acid groups (broad SMARTS) is 1. The zero-order valence-corrected chi connectivity index (χ0v) is 13.2. The van der Waals surface area contributed by atoms with Crippen LogP contribution in [0.4, 0.5) is 11.4 Å². The largest absolute Gasteiger partial charge is 0.497 e. The van der Waals surface area contributed by atoms with Crippen molar-refractivity contribution in [3.8, 4) is 5.75 Å². The Morgan fingerprint density at radius 2 is 1.88 bits per heavy atom. The predicted molar refractivity (Wildman–Crippen MR) is 89.4 cm³/mol. The molecule has 0 aliphatic heterocycles. The molecule has 126 valence electrons. The number of carboxylic acids is 1. The molecule has 0 radical (unpaired) electrons. The van der Waals surface area contributed by atoms with Gasteiger partial charge in [0.05, 0.1) is 12.0 Å². The maximum atomic E-state index is 11.2. The maximum Gasteiger partial charge on any atom is 0.303 e. The van der Waals surface area contributed by atoms with Crippen LogP contribution < -0.4 is 10.1 Å². The second-order valence-electron chi connectivity index (χ2n) is 5.20. The summed E-state index contributed by atoms with van der Waals surface area (Å²) in [6.07, 6.45) is 0.199. The van der Waals surface area contributed by atoms with Gasteiger partial charge in [0.1, 0.15) is 11.4 Å². The van der Waals surface area contributed by atoms with Gasteiger partial charge in [0, 0.05) is 19.0 Å². The van der Waals surface area contributed by atoms with E-state index in [1.807, 2.05) is 24.3 Å². The second-order valence-corrected chi connectivity index (χ2v) is 5.20. The van der Waals surface area contributed by atoms with Gasteiger partial charge in [-0.25, -0.2) is 0 Å². The summed E-state index contributed by atoms with van der Waals surface area (Å²) >= 11 is 0. The van der Waals surface area contributed by atoms with Crippen LogP contribution in [-0.2, 0) is 17.8 Å². The van der Waals surface area contributed by atoms with Gasteiger partial charge in [-0.15, -0.1) is 0 Å². The third-order valence-electron chi connectivity index (χ3n) is 3.53. The number of aryl methyl sites for hydroxylation is 1. The standard InChI is InChI=1S/C17H18N2O5/c1-24-14-6-2-13(3-7-14)11-18-15-8-4-12(5-9-17(20)21)10-16(15)19(22)23/h2-4,6-8,10,18H,5,9,11H2,1H3,(H,20,21). The fourth-order valence-corrected chi connectivity index (χ4v) is 2.23. The molecule has 0 bridgehead atoms. The van der Waals surface area contributed by atoms with E-state index in [0.717, 1.165) is 11.3 Å². The van der Waals surface area contributed by atoms with Gasteiger partial charge in [-0.1, -0.05) is 18.2 Å². The van der Waals surface area contributed by atoms with Crippen LogP contribution >= 0.6 is 0 Å². The first-order valence-electron chi connectivity index (χ1n) is 7.35. The molecule has 0 atom stereocenters. The summed E-state index contributed by atoms with van der Waals surface area (Å²) in [7, 11) is 1.59. The van der Waals surface area contributed by atoms with Crippen molar-refractivity contribution in [3.63, 3.8) is 0 Å². The minimum atomic E-state index is -0.931. The number of ether oxygens (including phenoxy) is 1. The highest BCUT2D eigenvalue weighted by atomic mass is 16.6. The van der Waals surface area contributed by atoms with E-state index in [4.69, 9.17) is 9.84 Å². The Morgan fingerprint density at radius 3 is 2.46 bits per heavy atom. The lowest BCUT2D eigenvalue weighted by Crippen LogP contribution is -2.04. The first-order valence-corrected chi connectivity index (χ1v) is 7.35. The molecule has 24 heavy (non-hydrogen) atoms. The lowest BCUT2D eigenvalue weighted by molar-refractivity contribution is -0.384. The average Bonchev–Trinajstić information content (AvgIpc) is 2.58. The van der Waals surface area contributed by atoms with E-state index in [1.54, 1.807) is 19.2 Å². The van der Waals surface area contributed by atoms with E-state index in [1.165, 1.54) is 6.07 Å². The molecule has 0 saturated carbocycles. The summed E-state index contributed by atoms with van der Waals surface area (Å²) in [6.45, 7) is 0.430. The summed E-state index contributed by atoms with van der Waals surface area (Å²) in [4.78, 5) is 21.4. The molecule has 0 aliphatic carbocycles. The Hall–Kier alpha value is -3.09. The SMILES string of the molecule is COc1ccc(CNc2ccc(CCC(=O)O)cc2[N+](=O)[O-])cc1. The van der Waals surface area contributed by atoms with Crippen molar-refractivity contribution in [2.45, 2.75) is 19.4 Å². The molecular formula is C17H18N2O5. The number of nitro benzene ring substituents is 1. The van der Waals surface area contributed by atoms with Gasteiger partial charge in [-0.2, -0.15) is 0 Å². The molecule has 0 saturated heterocycles. The third kappa shape index (κ3) is 4.70. The van der Waals surface area contributed by atoms with Crippen LogP contribution in [0.1, 0.15) is 17.5 Å². The van der Waals surface area contributed by atoms with Crippen LogP contribution in [0.2, 0.25) is 0 Å². The van der Waals surface area contributed by atoms with E-state index >= 15 is 0 Å². The fourth-order valence-electron chi connectivity index (χ4n) is 2.23. The van der Waals surface area contributed by atoms with Crippen LogP contribution in [0.25, 0.3) is 0 Å². The molecule has 2 aromatic rings. The van der Waals surface area contributed by atoms with E-state index in [0.29, 0.717) is 17.8 Å². The molecule has 0 aromatic heterocycles. The molecule has 0 fully saturated rings. The number of hydrogen-bond donors (Lipinski definition) is 2. The Labute approximate surface area is 139 Å². The molecule has 0 amide bonds. The Bertz CT molecular complexity index is 728. The molecule has 2 N–H and O–H groups in total. The van der Waals surface area contributed by atoms with Crippen molar-refractivity contribution >= 4 is 17.3 Å². The van der Waals surface area contributed by atoms with Gasteiger partial charge in [-0.05, 0) is 35.7 Å². The molecule has 2 aromatic carbocycles. The summed E-state index contributed by atoms with van der Waals surface area (Å²) < 4.78 is 5.08. The number of benzene rings is 2. The van der Waals surface area contributed by atoms with E-state index in [-0.39, 0.29) is 18.5 Å². The number of aliphatic carboxylic acids is 1. The smallest absolute Gasteiger partial charge is 0.303 e. The molecule has 0 spiro atoms. The van der Waals surface area contributed by atoms with Crippen LogP contribution in [0, 0.1) is 10.1 Å². The minimum Gasteiger partial charge on any atom is -0.497 e. The number of nitrogens with one attached hydrogen (secondary N) is 1. The van der Waals surface area contributed by atoms with Crippen LogP contribution in [0.15, 0.2) is 42.5 Å². The number of nitrogens with zero attached hydrogens (tertiary/aromatic N) is 1. The summed E-state index contributed by atoms with van der Waals surface area (Å²) in [5.41, 5.74) is 1.92. The zero-order chi connectivity index (χ0) is 17.5. The normalized spacial score (nSPS) is 10.2. The molecule has 7 heteroatoms. The highest BCUT2D eigenvalue weighted by Crippen LogP contribution is 2.27. The lowest BCUT2D eigenvalue weighted by Gasteiger charge is -2.09. The predicted octanol–water partition coefficient (Wildman–Crippen LogP) is 3.23. The molecule has 2 rings (SSSR count). The minimum absolute atomic E-state index is 0.0597. The van der Waals surface area contributed by atoms with Gasteiger partial charge >= 0.3 is 5.97 Å². The quantitative estimate of drug-likeness (QED) is 0.569. The number of carbonyl (C=O) groups is 1. The van der Waals surface area contributed by atoms with Crippen molar-refractivity contribution in [1.29, 1.82) is 0 Å². The topological polar surface area (TPSA) is 102 Å². The Morgan fingerprint density at radius 1 is 1.21 bits per heavy atom. The molecule has 7 nitrogen and oxygen atoms in total. The summed E-state index contributed by atoms with van der Waals surface area (Å²) in [5, 5.41) is 23.0. The lowest BCUT2D eigenvalue weighted by atomic mass is 10.1. The van der Waals surface area contributed by atoms with Crippen molar-refractivity contribution < 1.29 is 19.6 Å². The first kappa shape index (κ1) is 17.3. The van der Waals surface area contributed by atoms with Gasteiger partial charge in [0.15, 0.2) is 0 Å². The first-order chi connectivity index (χ1) is 11.5. The Balaban J connectivity index is 2.10. The second kappa shape index (κ2) is 7.96. The summed E-state index contributed by atoms with van der Waals surface area (Å²) in [6, 6.07) is 12.1. The van der Waals surface area contributed by atoms with Crippen molar-refractivity contribution in [2.24, 2.45) is 0 Å². The van der Waals surface area contributed by atoms with Gasteiger partial charge in [0.2, 0.25) is 0 Å². The van der Waals surface area contributed by atoms with Gasteiger partial charge in [0.25, 0.3) is 5.69 Å². The van der Waals surface area contributed by atoms with Crippen molar-refractivity contribution in [3.05, 3.63) is 63.7 Å².